The first-order chi connectivity index (χ1) is 8.56. The molecule has 0 radical (unpaired) electrons. The van der Waals surface area contributed by atoms with E-state index in [9.17, 15) is 18.9 Å². The van der Waals surface area contributed by atoms with Gasteiger partial charge < -0.3 is 10.1 Å². The molecule has 0 saturated heterocycles. The Morgan fingerprint density at radius 1 is 1.39 bits per heavy atom. The summed E-state index contributed by atoms with van der Waals surface area (Å²) in [4.78, 5) is 9.63. The lowest BCUT2D eigenvalue weighted by molar-refractivity contribution is -0.387. The van der Waals surface area contributed by atoms with Crippen LogP contribution in [0.2, 0.25) is 0 Å². The molecule has 0 spiro atoms. The van der Waals surface area contributed by atoms with Crippen molar-refractivity contribution < 1.29 is 18.4 Å². The Morgan fingerprint density at radius 3 is 2.72 bits per heavy atom. The van der Waals surface area contributed by atoms with E-state index >= 15 is 0 Å². The minimum atomic E-state index is -1.17. The lowest BCUT2D eigenvalue weighted by Crippen LogP contribution is -2.17. The number of nitro groups is 1. The van der Waals surface area contributed by atoms with Crippen LogP contribution in [0.5, 0.6) is 0 Å². The summed E-state index contributed by atoms with van der Waals surface area (Å²) in [6.45, 7) is 1.26. The summed E-state index contributed by atoms with van der Waals surface area (Å²) >= 11 is 0. The van der Waals surface area contributed by atoms with Gasteiger partial charge >= 0.3 is 5.69 Å². The molecule has 0 saturated carbocycles. The largest absolute Gasteiger partial charge is 0.385 e. The fraction of sp³-hybridized carbons (Fsp3) is 0.455. The molecule has 1 aromatic rings. The highest BCUT2D eigenvalue weighted by atomic mass is 19.1. The zero-order chi connectivity index (χ0) is 13.5. The zero-order valence-corrected chi connectivity index (χ0v) is 9.91. The maximum Gasteiger partial charge on any atom is 0.305 e. The van der Waals surface area contributed by atoms with Crippen LogP contribution in [-0.4, -0.2) is 25.2 Å². The van der Waals surface area contributed by atoms with Gasteiger partial charge in [-0.05, 0) is 13.0 Å². The number of benzene rings is 1. The second-order valence-electron chi connectivity index (χ2n) is 3.68. The van der Waals surface area contributed by atoms with E-state index in [2.05, 4.69) is 5.32 Å². The van der Waals surface area contributed by atoms with Crippen LogP contribution in [0.25, 0.3) is 0 Å². The zero-order valence-electron chi connectivity index (χ0n) is 9.91. The van der Waals surface area contributed by atoms with Crippen molar-refractivity contribution in [3.8, 4) is 0 Å². The summed E-state index contributed by atoms with van der Waals surface area (Å²) in [6.07, 6.45) is 0.738. The van der Waals surface area contributed by atoms with Crippen LogP contribution in [0.15, 0.2) is 12.1 Å². The van der Waals surface area contributed by atoms with Gasteiger partial charge in [0.25, 0.3) is 0 Å². The van der Waals surface area contributed by atoms with E-state index in [4.69, 9.17) is 4.74 Å². The smallest absolute Gasteiger partial charge is 0.305 e. The maximum absolute atomic E-state index is 13.3. The number of nitrogens with zero attached hydrogens (tertiary/aromatic N) is 1. The molecule has 0 bridgehead atoms. The first-order valence-electron chi connectivity index (χ1n) is 5.38. The van der Waals surface area contributed by atoms with E-state index in [1.54, 1.807) is 7.11 Å². The first-order valence-corrected chi connectivity index (χ1v) is 5.38. The van der Waals surface area contributed by atoms with Crippen LogP contribution in [-0.2, 0) is 11.3 Å². The number of ether oxygens (including phenoxy) is 1. The van der Waals surface area contributed by atoms with Crippen LogP contribution in [0.4, 0.5) is 14.5 Å². The van der Waals surface area contributed by atoms with E-state index < -0.39 is 22.2 Å². The van der Waals surface area contributed by atoms with Crippen LogP contribution in [0, 0.1) is 21.7 Å². The number of rotatable bonds is 7. The first kappa shape index (κ1) is 14.5. The number of nitro benzene ring substituents is 1. The van der Waals surface area contributed by atoms with E-state index in [0.717, 1.165) is 12.5 Å². The highest BCUT2D eigenvalue weighted by Gasteiger charge is 2.17. The van der Waals surface area contributed by atoms with Gasteiger partial charge in [-0.1, -0.05) is 0 Å². The predicted molar refractivity (Wildman–Crippen MR) is 61.2 cm³/mol. The number of hydrogen-bond acceptors (Lipinski definition) is 4. The lowest BCUT2D eigenvalue weighted by atomic mass is 10.1. The van der Waals surface area contributed by atoms with E-state index in [1.807, 2.05) is 0 Å². The Hall–Kier alpha value is -1.60. The number of halogens is 2. The predicted octanol–water partition coefficient (Wildman–Crippen LogP) is 2.00. The normalized spacial score (nSPS) is 10.6. The topological polar surface area (TPSA) is 64.4 Å². The van der Waals surface area contributed by atoms with E-state index in [1.165, 1.54) is 0 Å². The highest BCUT2D eigenvalue weighted by molar-refractivity contribution is 5.37. The van der Waals surface area contributed by atoms with Gasteiger partial charge in [0.1, 0.15) is 5.82 Å². The monoisotopic (exact) mass is 260 g/mol. The summed E-state index contributed by atoms with van der Waals surface area (Å²) in [6, 6.07) is 1.44. The van der Waals surface area contributed by atoms with Gasteiger partial charge in [-0.15, -0.1) is 0 Å². The lowest BCUT2D eigenvalue weighted by Gasteiger charge is -2.06. The van der Waals surface area contributed by atoms with Crippen LogP contribution < -0.4 is 5.32 Å². The second kappa shape index (κ2) is 6.97. The van der Waals surface area contributed by atoms with Crippen molar-refractivity contribution in [2.75, 3.05) is 20.3 Å². The van der Waals surface area contributed by atoms with Gasteiger partial charge in [-0.3, -0.25) is 10.1 Å². The number of nitrogens with one attached hydrogen (secondary N) is 1. The molecular weight excluding hydrogens is 246 g/mol. The van der Waals surface area contributed by atoms with Crippen LogP contribution in [0.1, 0.15) is 12.0 Å². The van der Waals surface area contributed by atoms with Crippen molar-refractivity contribution in [3.63, 3.8) is 0 Å². The maximum atomic E-state index is 13.3. The summed E-state index contributed by atoms with van der Waals surface area (Å²) in [5.41, 5.74) is -0.648. The summed E-state index contributed by atoms with van der Waals surface area (Å²) < 4.78 is 31.2. The summed E-state index contributed by atoms with van der Waals surface area (Å²) in [5.74, 6) is -1.96. The van der Waals surface area contributed by atoms with Crippen molar-refractivity contribution >= 4 is 5.69 Å². The van der Waals surface area contributed by atoms with Crippen molar-refractivity contribution in [3.05, 3.63) is 39.4 Å². The summed E-state index contributed by atoms with van der Waals surface area (Å²) in [5, 5.41) is 13.4. The average Bonchev–Trinajstić information content (AvgIpc) is 2.30. The van der Waals surface area contributed by atoms with Crippen LogP contribution in [0.3, 0.4) is 0 Å². The van der Waals surface area contributed by atoms with Crippen LogP contribution >= 0.6 is 0 Å². The van der Waals surface area contributed by atoms with Crippen molar-refractivity contribution in [2.24, 2.45) is 0 Å². The van der Waals surface area contributed by atoms with Crippen molar-refractivity contribution in [1.82, 2.24) is 5.32 Å². The van der Waals surface area contributed by atoms with Gasteiger partial charge in [0.2, 0.25) is 5.82 Å². The quantitative estimate of drug-likeness (QED) is 0.462. The van der Waals surface area contributed by atoms with Gasteiger partial charge in [-0.25, -0.2) is 4.39 Å². The Morgan fingerprint density at radius 2 is 2.11 bits per heavy atom. The molecule has 0 aromatic heterocycles. The van der Waals surface area contributed by atoms with E-state index in [0.29, 0.717) is 19.2 Å². The second-order valence-corrected chi connectivity index (χ2v) is 3.68. The molecule has 0 amide bonds. The molecule has 100 valence electrons. The molecule has 1 rings (SSSR count). The molecule has 5 nitrogen and oxygen atoms in total. The minimum Gasteiger partial charge on any atom is -0.385 e. The molecule has 0 unspecified atom stereocenters. The highest BCUT2D eigenvalue weighted by Crippen LogP contribution is 2.21. The van der Waals surface area contributed by atoms with Gasteiger partial charge in [0, 0.05) is 38.0 Å². The molecule has 0 atom stereocenters. The molecule has 0 aliphatic carbocycles. The molecule has 1 aromatic carbocycles. The molecule has 7 heteroatoms. The third kappa shape index (κ3) is 4.01. The number of methoxy groups -OCH3 is 1. The molecule has 18 heavy (non-hydrogen) atoms. The van der Waals surface area contributed by atoms with Crippen molar-refractivity contribution in [2.45, 2.75) is 13.0 Å². The fourth-order valence-corrected chi connectivity index (χ4v) is 1.42. The fourth-order valence-electron chi connectivity index (χ4n) is 1.42. The summed E-state index contributed by atoms with van der Waals surface area (Å²) in [7, 11) is 1.57. The molecular formula is C11H14F2N2O3. The van der Waals surface area contributed by atoms with Gasteiger partial charge in [-0.2, -0.15) is 4.39 Å². The Balaban J connectivity index is 2.65. The molecule has 1 N–H and O–H groups in total. The SMILES string of the molecule is COCCCNCc1cc([N+](=O)[O-])c(F)cc1F. The molecule has 0 aliphatic heterocycles. The molecule has 0 aliphatic rings. The Bertz CT molecular complexity index is 427. The third-order valence-corrected chi connectivity index (χ3v) is 2.33. The van der Waals surface area contributed by atoms with E-state index in [-0.39, 0.29) is 12.1 Å². The third-order valence-electron chi connectivity index (χ3n) is 2.33. The standard InChI is InChI=1S/C11H14F2N2O3/c1-18-4-2-3-14-7-8-5-11(15(16)17)10(13)6-9(8)12/h5-6,14H,2-4,7H2,1H3. The Kier molecular flexibility index (Phi) is 5.60. The Labute approximate surface area is 103 Å². The van der Waals surface area contributed by atoms with Crippen molar-refractivity contribution in [1.29, 1.82) is 0 Å². The average molecular weight is 260 g/mol. The molecule has 0 fully saturated rings. The number of hydrogen-bond donors (Lipinski definition) is 1. The van der Waals surface area contributed by atoms with Gasteiger partial charge in [0.05, 0.1) is 4.92 Å². The molecule has 0 heterocycles. The minimum absolute atomic E-state index is 0.0699. The van der Waals surface area contributed by atoms with Gasteiger partial charge in [0.15, 0.2) is 0 Å².